The molecule has 0 N–H and O–H groups in total. The Balaban J connectivity index is 2.14. The van der Waals surface area contributed by atoms with Crippen molar-refractivity contribution < 1.29 is 27.8 Å². The van der Waals surface area contributed by atoms with Crippen molar-refractivity contribution in [2.24, 2.45) is 0 Å². The summed E-state index contributed by atoms with van der Waals surface area (Å²) < 4.78 is 34.8. The molecule has 1 fully saturated rings. The van der Waals surface area contributed by atoms with Gasteiger partial charge in [-0.05, 0) is 0 Å². The van der Waals surface area contributed by atoms with Crippen molar-refractivity contribution in [3.8, 4) is 11.8 Å². The van der Waals surface area contributed by atoms with Gasteiger partial charge in [0.05, 0.1) is 13.7 Å². The number of methoxy groups -OCH3 is 1. The number of carbonyl (C=O) groups excluding carboxylic acids is 2. The van der Waals surface area contributed by atoms with Gasteiger partial charge >= 0.3 is 11.9 Å². The third kappa shape index (κ3) is 6.15. The number of nitrogens with zero attached hydrogens (tertiary/aromatic N) is 1. The van der Waals surface area contributed by atoms with E-state index in [0.29, 0.717) is 6.54 Å². The highest BCUT2D eigenvalue weighted by Crippen LogP contribution is 2.26. The SMILES string of the molecule is COC(=O)C#CCC(=O)OCCN1CCC(F)(F)C1. The average molecular weight is 275 g/mol. The number of hydrogen-bond donors (Lipinski definition) is 0. The summed E-state index contributed by atoms with van der Waals surface area (Å²) in [6, 6.07) is 0. The Morgan fingerprint density at radius 2 is 2.16 bits per heavy atom. The molecule has 0 aliphatic carbocycles. The molecular formula is C12H15F2NO4. The molecule has 1 aliphatic heterocycles. The van der Waals surface area contributed by atoms with Gasteiger partial charge < -0.3 is 9.47 Å². The van der Waals surface area contributed by atoms with Crippen LogP contribution in [-0.4, -0.2) is 56.1 Å². The molecule has 7 heteroatoms. The van der Waals surface area contributed by atoms with Crippen LogP contribution in [0.1, 0.15) is 12.8 Å². The van der Waals surface area contributed by atoms with Crippen molar-refractivity contribution in [1.82, 2.24) is 4.90 Å². The molecule has 0 spiro atoms. The standard InChI is InChI=1S/C12H15F2NO4/c1-18-10(16)3-2-4-11(17)19-8-7-15-6-5-12(13,14)9-15/h4-9H2,1H3. The highest BCUT2D eigenvalue weighted by atomic mass is 19.3. The van der Waals surface area contributed by atoms with E-state index in [1.807, 2.05) is 0 Å². The lowest BCUT2D eigenvalue weighted by Gasteiger charge is -2.14. The second-order valence-electron chi connectivity index (χ2n) is 4.07. The van der Waals surface area contributed by atoms with Gasteiger partial charge in [0.15, 0.2) is 0 Å². The van der Waals surface area contributed by atoms with Crippen LogP contribution in [0.5, 0.6) is 0 Å². The molecule has 5 nitrogen and oxygen atoms in total. The maximum absolute atomic E-state index is 12.8. The molecule has 0 atom stereocenters. The van der Waals surface area contributed by atoms with Gasteiger partial charge in [-0.25, -0.2) is 13.6 Å². The summed E-state index contributed by atoms with van der Waals surface area (Å²) in [6.07, 6.45) is -0.392. The van der Waals surface area contributed by atoms with Crippen LogP contribution in [0.3, 0.4) is 0 Å². The monoisotopic (exact) mass is 275 g/mol. The van der Waals surface area contributed by atoms with E-state index in [1.54, 1.807) is 0 Å². The average Bonchev–Trinajstić information content (AvgIpc) is 2.68. The first-order chi connectivity index (χ1) is 8.93. The van der Waals surface area contributed by atoms with E-state index >= 15 is 0 Å². The van der Waals surface area contributed by atoms with Crippen LogP contribution in [0.25, 0.3) is 0 Å². The predicted molar refractivity (Wildman–Crippen MR) is 61.4 cm³/mol. The number of rotatable bonds is 4. The van der Waals surface area contributed by atoms with Gasteiger partial charge in [0.1, 0.15) is 13.0 Å². The largest absolute Gasteiger partial charge is 0.464 e. The van der Waals surface area contributed by atoms with Gasteiger partial charge in [-0.15, -0.1) is 0 Å². The zero-order valence-corrected chi connectivity index (χ0v) is 10.6. The summed E-state index contributed by atoms with van der Waals surface area (Å²) in [4.78, 5) is 23.3. The van der Waals surface area contributed by atoms with Crippen molar-refractivity contribution in [3.05, 3.63) is 0 Å². The van der Waals surface area contributed by atoms with Crippen LogP contribution in [0.2, 0.25) is 0 Å². The van der Waals surface area contributed by atoms with Crippen molar-refractivity contribution >= 4 is 11.9 Å². The highest BCUT2D eigenvalue weighted by molar-refractivity contribution is 5.89. The van der Waals surface area contributed by atoms with Crippen LogP contribution in [-0.2, 0) is 19.1 Å². The third-order valence-corrected chi connectivity index (χ3v) is 2.53. The molecule has 106 valence electrons. The van der Waals surface area contributed by atoms with Crippen LogP contribution in [0, 0.1) is 11.8 Å². The van der Waals surface area contributed by atoms with Crippen molar-refractivity contribution in [3.63, 3.8) is 0 Å². The van der Waals surface area contributed by atoms with Gasteiger partial charge in [0.25, 0.3) is 5.92 Å². The molecule has 0 radical (unpaired) electrons. The molecule has 0 aromatic carbocycles. The highest BCUT2D eigenvalue weighted by Gasteiger charge is 2.37. The van der Waals surface area contributed by atoms with E-state index in [-0.39, 0.29) is 32.5 Å². The minimum Gasteiger partial charge on any atom is -0.464 e. The van der Waals surface area contributed by atoms with E-state index in [4.69, 9.17) is 4.74 Å². The van der Waals surface area contributed by atoms with E-state index in [1.165, 1.54) is 12.0 Å². The van der Waals surface area contributed by atoms with Crippen LogP contribution < -0.4 is 0 Å². The number of alkyl halides is 2. The summed E-state index contributed by atoms with van der Waals surface area (Å²) >= 11 is 0. The van der Waals surface area contributed by atoms with Gasteiger partial charge in [-0.1, -0.05) is 5.92 Å². The van der Waals surface area contributed by atoms with E-state index in [2.05, 4.69) is 16.6 Å². The molecule has 0 saturated carbocycles. The van der Waals surface area contributed by atoms with Crippen molar-refractivity contribution in [1.29, 1.82) is 0 Å². The Morgan fingerprint density at radius 1 is 1.42 bits per heavy atom. The Hall–Kier alpha value is -1.68. The Labute approximate surface area is 109 Å². The van der Waals surface area contributed by atoms with Crippen molar-refractivity contribution in [2.75, 3.05) is 33.4 Å². The second-order valence-corrected chi connectivity index (χ2v) is 4.07. The number of likely N-dealkylation sites (tertiary alicyclic amines) is 1. The first-order valence-corrected chi connectivity index (χ1v) is 5.75. The molecule has 1 saturated heterocycles. The minimum atomic E-state index is -2.64. The molecule has 0 aromatic heterocycles. The van der Waals surface area contributed by atoms with Crippen LogP contribution >= 0.6 is 0 Å². The Bertz CT molecular complexity index is 400. The summed E-state index contributed by atoms with van der Waals surface area (Å²) in [5, 5.41) is 0. The summed E-state index contributed by atoms with van der Waals surface area (Å²) in [7, 11) is 1.18. The number of ether oxygens (including phenoxy) is 2. The predicted octanol–water partition coefficient (Wildman–Crippen LogP) is 0.437. The van der Waals surface area contributed by atoms with E-state index in [9.17, 15) is 18.4 Å². The Morgan fingerprint density at radius 3 is 2.74 bits per heavy atom. The number of esters is 2. The molecule has 0 amide bonds. The fourth-order valence-corrected chi connectivity index (χ4v) is 1.58. The van der Waals surface area contributed by atoms with E-state index < -0.39 is 17.9 Å². The zero-order chi connectivity index (χ0) is 14.3. The summed E-state index contributed by atoms with van der Waals surface area (Å²) in [5.41, 5.74) is 0. The van der Waals surface area contributed by atoms with Gasteiger partial charge in [-0.2, -0.15) is 0 Å². The number of halogens is 2. The van der Waals surface area contributed by atoms with Gasteiger partial charge in [0, 0.05) is 25.4 Å². The summed E-state index contributed by atoms with van der Waals surface area (Å²) in [5.74, 6) is 0.411. The molecule has 1 heterocycles. The second kappa shape index (κ2) is 7.04. The number of hydrogen-bond acceptors (Lipinski definition) is 5. The van der Waals surface area contributed by atoms with Gasteiger partial charge in [-0.3, -0.25) is 9.69 Å². The first kappa shape index (κ1) is 15.4. The molecule has 0 aromatic rings. The fraction of sp³-hybridized carbons (Fsp3) is 0.667. The maximum atomic E-state index is 12.8. The zero-order valence-electron chi connectivity index (χ0n) is 10.6. The summed E-state index contributed by atoms with van der Waals surface area (Å²) in [6.45, 7) is 0.306. The lowest BCUT2D eigenvalue weighted by atomic mass is 10.3. The molecule has 19 heavy (non-hydrogen) atoms. The third-order valence-electron chi connectivity index (χ3n) is 2.53. The van der Waals surface area contributed by atoms with Gasteiger partial charge in [0.2, 0.25) is 0 Å². The van der Waals surface area contributed by atoms with Crippen LogP contribution in [0.15, 0.2) is 0 Å². The maximum Gasteiger partial charge on any atom is 0.384 e. The quantitative estimate of drug-likeness (QED) is 0.423. The topological polar surface area (TPSA) is 55.8 Å². The molecule has 0 unspecified atom stereocenters. The normalized spacial score (nSPS) is 17.4. The first-order valence-electron chi connectivity index (χ1n) is 5.75. The molecule has 0 bridgehead atoms. The molecule has 1 aliphatic rings. The lowest BCUT2D eigenvalue weighted by molar-refractivity contribution is -0.142. The molecule has 1 rings (SSSR count). The smallest absolute Gasteiger partial charge is 0.384 e. The lowest BCUT2D eigenvalue weighted by Crippen LogP contribution is -2.29. The minimum absolute atomic E-state index is 0.0365. The molecular weight excluding hydrogens is 260 g/mol. The van der Waals surface area contributed by atoms with Crippen LogP contribution in [0.4, 0.5) is 8.78 Å². The number of carbonyl (C=O) groups is 2. The fourth-order valence-electron chi connectivity index (χ4n) is 1.58. The van der Waals surface area contributed by atoms with Crippen molar-refractivity contribution in [2.45, 2.75) is 18.8 Å². The Kier molecular flexibility index (Phi) is 5.70. The van der Waals surface area contributed by atoms with E-state index in [0.717, 1.165) is 0 Å².